The fourth-order valence-corrected chi connectivity index (χ4v) is 0. The Kier molecular flexibility index (Phi) is 134. The minimum atomic E-state index is 0. The van der Waals surface area contributed by atoms with Crippen molar-refractivity contribution in [3.8, 4) is 0 Å². The molecular formula is AlAsGaIn. The largest absolute Gasteiger partial charge is 3.00 e. The average molecular weight is 286 g/mol. The summed E-state index contributed by atoms with van der Waals surface area (Å²) in [7, 11) is 0. The molecule has 0 spiro atoms. The predicted octanol–water partition coefficient (Wildman–Crippen LogP) is -1.52. The van der Waals surface area contributed by atoms with Crippen LogP contribution in [0.15, 0.2) is 0 Å². The molecule has 0 aliphatic carbocycles. The predicted molar refractivity (Wildman–Crippen MR) is 23.0 cm³/mol. The van der Waals surface area contributed by atoms with Gasteiger partial charge in [0.15, 0.2) is 0 Å². The molecule has 6 radical (unpaired) electrons. The van der Waals surface area contributed by atoms with E-state index in [9.17, 15) is 0 Å². The van der Waals surface area contributed by atoms with Crippen LogP contribution in [0, 0.1) is 0 Å². The van der Waals surface area contributed by atoms with Crippen molar-refractivity contribution in [1.82, 2.24) is 0 Å². The summed E-state index contributed by atoms with van der Waals surface area (Å²) >= 11 is 0. The van der Waals surface area contributed by atoms with Crippen LogP contribution in [-0.4, -0.2) is 80.9 Å². The second-order valence-electron chi connectivity index (χ2n) is 0. The van der Waals surface area contributed by atoms with Crippen molar-refractivity contribution < 1.29 is 0 Å². The third kappa shape index (κ3) is 8.82. The molecule has 0 fully saturated rings. The SMILES string of the molecule is [Al+3].[As-3].[Ga].[In]. The van der Waals surface area contributed by atoms with Crippen LogP contribution >= 0.6 is 0 Å². The molecule has 0 saturated carbocycles. The maximum atomic E-state index is 0. The van der Waals surface area contributed by atoms with Crippen molar-refractivity contribution in [2.45, 2.75) is 0 Å². The first-order chi connectivity index (χ1) is 0. The number of hydrogen-bond donors (Lipinski definition) is 0. The van der Waals surface area contributed by atoms with Gasteiger partial charge >= 0.3 is 17.4 Å². The Morgan fingerprint density at radius 1 is 1.00 bits per heavy atom. The van der Waals surface area contributed by atoms with Gasteiger partial charge in [-0.25, -0.2) is 0 Å². The molecule has 0 rings (SSSR count). The molecule has 0 aromatic carbocycles. The molecule has 0 aromatic rings. The van der Waals surface area contributed by atoms with Gasteiger partial charge in [0, 0.05) is 45.6 Å². The third-order valence-corrected chi connectivity index (χ3v) is 0. The summed E-state index contributed by atoms with van der Waals surface area (Å²) in [6.45, 7) is 0. The van der Waals surface area contributed by atoms with Gasteiger partial charge in [-0.15, -0.1) is 0 Å². The van der Waals surface area contributed by atoms with Gasteiger partial charge in [0.25, 0.3) is 0 Å². The number of hydrogen-bond acceptors (Lipinski definition) is 0. The van der Waals surface area contributed by atoms with Crippen LogP contribution in [0.1, 0.15) is 0 Å². The minimum absolute atomic E-state index is 0. The van der Waals surface area contributed by atoms with Crippen molar-refractivity contribution in [2.24, 2.45) is 0 Å². The van der Waals surface area contributed by atoms with E-state index in [-0.39, 0.29) is 80.9 Å². The second-order valence-corrected chi connectivity index (χ2v) is 0. The first kappa shape index (κ1) is 30.6. The van der Waals surface area contributed by atoms with E-state index in [0.29, 0.717) is 0 Å². The zero-order valence-corrected chi connectivity index (χ0v) is 10.9. The maximum absolute atomic E-state index is 0. The Hall–Kier alpha value is 2.60. The van der Waals surface area contributed by atoms with E-state index < -0.39 is 0 Å². The molecule has 14 valence electrons. The molecule has 0 aromatic heterocycles. The van der Waals surface area contributed by atoms with Crippen LogP contribution < -0.4 is 0 Å². The Morgan fingerprint density at radius 3 is 1.00 bits per heavy atom. The summed E-state index contributed by atoms with van der Waals surface area (Å²) in [5.41, 5.74) is 0. The fraction of sp³-hybridized carbons (Fsp3) is 0. The molecule has 0 amide bonds. The molecule has 0 heterocycles. The van der Waals surface area contributed by atoms with Gasteiger partial charge in [-0.1, -0.05) is 0 Å². The zero-order valence-electron chi connectivity index (χ0n) is 2.18. The Balaban J connectivity index is 0. The molecule has 0 aliphatic heterocycles. The smallest absolute Gasteiger partial charge is 3.00 e. The standard InChI is InChI=1S/Al.As.Ga.In/q+3;-3;;. The van der Waals surface area contributed by atoms with Crippen molar-refractivity contribution in [2.75, 3.05) is 0 Å². The molecule has 0 aliphatic rings. The monoisotopic (exact) mass is 286 g/mol. The summed E-state index contributed by atoms with van der Waals surface area (Å²) < 4.78 is 0. The normalized spacial score (nSPS) is 0. The van der Waals surface area contributed by atoms with E-state index in [0.717, 1.165) is 0 Å². The molecular weight excluding hydrogens is 286 g/mol. The Bertz CT molecular complexity index is 8.00. The topological polar surface area (TPSA) is 0 Å². The van der Waals surface area contributed by atoms with Crippen LogP contribution in [0.5, 0.6) is 0 Å². The van der Waals surface area contributed by atoms with Gasteiger partial charge in [-0.2, -0.15) is 0 Å². The van der Waals surface area contributed by atoms with Gasteiger partial charge in [-0.3, -0.25) is 0 Å². The van der Waals surface area contributed by atoms with Crippen LogP contribution in [0.2, 0.25) is 0 Å². The van der Waals surface area contributed by atoms with Crippen molar-refractivity contribution in [3.63, 3.8) is 0 Å². The number of rotatable bonds is 0. The van der Waals surface area contributed by atoms with Crippen LogP contribution in [0.3, 0.4) is 0 Å². The minimum Gasteiger partial charge on any atom is -3.00 e. The van der Waals surface area contributed by atoms with Crippen LogP contribution in [0.4, 0.5) is 0 Å². The summed E-state index contributed by atoms with van der Waals surface area (Å²) in [4.78, 5) is 0. The summed E-state index contributed by atoms with van der Waals surface area (Å²) in [5.74, 6) is 0. The Morgan fingerprint density at radius 2 is 1.00 bits per heavy atom. The Labute approximate surface area is 79.8 Å². The van der Waals surface area contributed by atoms with Gasteiger partial charge in [-0.05, 0) is 0 Å². The summed E-state index contributed by atoms with van der Waals surface area (Å²) in [6.07, 6.45) is 0. The van der Waals surface area contributed by atoms with E-state index in [1.54, 1.807) is 0 Å². The van der Waals surface area contributed by atoms with Gasteiger partial charge < -0.3 is 18.0 Å². The van der Waals surface area contributed by atoms with E-state index in [1.807, 2.05) is 0 Å². The third-order valence-electron chi connectivity index (χ3n) is 0. The first-order valence-corrected chi connectivity index (χ1v) is 0. The molecule has 0 nitrogen and oxygen atoms in total. The fourth-order valence-electron chi connectivity index (χ4n) is 0. The van der Waals surface area contributed by atoms with E-state index in [1.165, 1.54) is 0 Å². The molecule has 0 N–H and O–H groups in total. The van der Waals surface area contributed by atoms with Crippen molar-refractivity contribution in [1.29, 1.82) is 0 Å². The van der Waals surface area contributed by atoms with E-state index >= 15 is 0 Å². The van der Waals surface area contributed by atoms with E-state index in [4.69, 9.17) is 0 Å². The molecule has 0 atom stereocenters. The second kappa shape index (κ2) is 17.5. The molecule has 4 heavy (non-hydrogen) atoms. The molecule has 0 bridgehead atoms. The maximum Gasteiger partial charge on any atom is 3.00 e. The summed E-state index contributed by atoms with van der Waals surface area (Å²) in [5, 5.41) is 0. The van der Waals surface area contributed by atoms with Crippen molar-refractivity contribution in [3.05, 3.63) is 0 Å². The van der Waals surface area contributed by atoms with E-state index in [2.05, 4.69) is 0 Å². The summed E-state index contributed by atoms with van der Waals surface area (Å²) in [6, 6.07) is 0. The van der Waals surface area contributed by atoms with Crippen molar-refractivity contribution >= 4 is 80.9 Å². The molecule has 0 saturated heterocycles. The van der Waals surface area contributed by atoms with Gasteiger partial charge in [0.05, 0.1) is 0 Å². The molecule has 4 heteroatoms. The molecule has 0 unspecified atom stereocenters. The van der Waals surface area contributed by atoms with Crippen LogP contribution in [-0.2, 0) is 0 Å². The average Bonchev–Trinajstić information content (AvgIpc) is 0. The van der Waals surface area contributed by atoms with Gasteiger partial charge in [0.1, 0.15) is 0 Å². The van der Waals surface area contributed by atoms with Crippen LogP contribution in [0.25, 0.3) is 0 Å². The van der Waals surface area contributed by atoms with Gasteiger partial charge in [0.2, 0.25) is 0 Å². The first-order valence-electron chi connectivity index (χ1n) is 0. The zero-order chi connectivity index (χ0) is 0. The quantitative estimate of drug-likeness (QED) is 0.475.